The van der Waals surface area contributed by atoms with Gasteiger partial charge in [-0.3, -0.25) is 9.98 Å². The molecule has 0 amide bonds. The average molecular weight is 306 g/mol. The monoisotopic (exact) mass is 306 g/mol. The molecule has 2 rings (SSSR count). The molecule has 1 unspecified atom stereocenters. The van der Waals surface area contributed by atoms with Crippen molar-refractivity contribution < 1.29 is 5.11 Å². The summed E-state index contributed by atoms with van der Waals surface area (Å²) >= 11 is 0. The third-order valence-electron chi connectivity index (χ3n) is 5.17. The van der Waals surface area contributed by atoms with E-state index in [-0.39, 0.29) is 6.10 Å². The first-order chi connectivity index (χ1) is 10.8. The van der Waals surface area contributed by atoms with Gasteiger partial charge in [0.1, 0.15) is 0 Å². The van der Waals surface area contributed by atoms with Gasteiger partial charge < -0.3 is 5.11 Å². The molecule has 0 aromatic heterocycles. The van der Waals surface area contributed by atoms with E-state index in [1.807, 2.05) is 6.21 Å². The van der Waals surface area contributed by atoms with Gasteiger partial charge in [-0.1, -0.05) is 51.4 Å². The highest BCUT2D eigenvalue weighted by Gasteiger charge is 2.12. The fraction of sp³-hybridized carbons (Fsp3) is 0.895. The number of hydrogen-bond acceptors (Lipinski definition) is 3. The molecule has 0 spiro atoms. The Balaban J connectivity index is 1.49. The van der Waals surface area contributed by atoms with Gasteiger partial charge in [-0.2, -0.15) is 0 Å². The standard InChI is InChI=1S/C19H34N2O/c22-19(12-14-20-15-18-9-5-2-6-10-18)16-21-13-11-17-7-3-1-4-8-17/h13,15,17-19,22H,1-12,14,16H2. The second kappa shape index (κ2) is 10.9. The van der Waals surface area contributed by atoms with Crippen LogP contribution in [-0.2, 0) is 0 Å². The van der Waals surface area contributed by atoms with Crippen molar-refractivity contribution in [2.24, 2.45) is 21.8 Å². The molecule has 0 saturated heterocycles. The van der Waals surface area contributed by atoms with Gasteiger partial charge in [0.25, 0.3) is 0 Å². The van der Waals surface area contributed by atoms with E-state index < -0.39 is 0 Å². The number of aliphatic hydroxyl groups excluding tert-OH is 1. The SMILES string of the molecule is OC(CCN=CC1CCCCC1)CN=CCC1CCCCC1. The molecule has 3 heteroatoms. The summed E-state index contributed by atoms with van der Waals surface area (Å²) in [6.45, 7) is 1.29. The normalized spacial score (nSPS) is 23.5. The smallest absolute Gasteiger partial charge is 0.0752 e. The predicted molar refractivity (Wildman–Crippen MR) is 95.1 cm³/mol. The van der Waals surface area contributed by atoms with E-state index in [1.54, 1.807) is 0 Å². The van der Waals surface area contributed by atoms with Crippen molar-refractivity contribution in [1.29, 1.82) is 0 Å². The van der Waals surface area contributed by atoms with Crippen LogP contribution in [0, 0.1) is 11.8 Å². The molecule has 0 radical (unpaired) electrons. The predicted octanol–water partition coefficient (Wildman–Crippen LogP) is 4.43. The fourth-order valence-corrected chi connectivity index (χ4v) is 3.66. The van der Waals surface area contributed by atoms with Crippen LogP contribution in [0.3, 0.4) is 0 Å². The van der Waals surface area contributed by atoms with Crippen LogP contribution in [-0.4, -0.2) is 36.7 Å². The molecule has 2 aliphatic rings. The van der Waals surface area contributed by atoms with E-state index in [2.05, 4.69) is 16.2 Å². The fourth-order valence-electron chi connectivity index (χ4n) is 3.66. The Hall–Kier alpha value is -0.700. The summed E-state index contributed by atoms with van der Waals surface area (Å²) in [6.07, 6.45) is 19.3. The van der Waals surface area contributed by atoms with Gasteiger partial charge in [-0.25, -0.2) is 0 Å². The lowest BCUT2D eigenvalue weighted by atomic mass is 9.87. The molecule has 0 aromatic rings. The van der Waals surface area contributed by atoms with Crippen LogP contribution in [0.15, 0.2) is 9.98 Å². The van der Waals surface area contributed by atoms with E-state index in [9.17, 15) is 5.11 Å². The summed E-state index contributed by atoms with van der Waals surface area (Å²) < 4.78 is 0. The van der Waals surface area contributed by atoms with Gasteiger partial charge in [0.2, 0.25) is 0 Å². The van der Waals surface area contributed by atoms with E-state index >= 15 is 0 Å². The summed E-state index contributed by atoms with van der Waals surface area (Å²) in [5.74, 6) is 1.54. The minimum absolute atomic E-state index is 0.328. The van der Waals surface area contributed by atoms with Crippen LogP contribution in [0.1, 0.15) is 77.0 Å². The van der Waals surface area contributed by atoms with E-state index in [0.717, 1.165) is 25.3 Å². The Morgan fingerprint density at radius 3 is 2.32 bits per heavy atom. The maximum absolute atomic E-state index is 9.94. The van der Waals surface area contributed by atoms with Crippen molar-refractivity contribution in [3.8, 4) is 0 Å². The zero-order chi connectivity index (χ0) is 15.5. The summed E-state index contributed by atoms with van der Waals surface area (Å²) in [6, 6.07) is 0. The Kier molecular flexibility index (Phi) is 8.77. The highest BCUT2D eigenvalue weighted by Crippen LogP contribution is 2.25. The molecule has 2 saturated carbocycles. The average Bonchev–Trinajstić information content (AvgIpc) is 2.57. The Morgan fingerprint density at radius 1 is 0.909 bits per heavy atom. The van der Waals surface area contributed by atoms with Gasteiger partial charge in [-0.05, 0) is 43.7 Å². The van der Waals surface area contributed by atoms with Crippen LogP contribution < -0.4 is 0 Å². The number of nitrogens with zero attached hydrogens (tertiary/aromatic N) is 2. The quantitative estimate of drug-likeness (QED) is 0.662. The molecule has 3 nitrogen and oxygen atoms in total. The first-order valence-electron chi connectivity index (χ1n) is 9.51. The maximum Gasteiger partial charge on any atom is 0.0752 e. The first kappa shape index (κ1) is 17.7. The number of aliphatic hydroxyl groups is 1. The van der Waals surface area contributed by atoms with Crippen molar-refractivity contribution in [1.82, 2.24) is 0 Å². The highest BCUT2D eigenvalue weighted by molar-refractivity contribution is 5.60. The molecule has 1 N–H and O–H groups in total. The molecule has 22 heavy (non-hydrogen) atoms. The lowest BCUT2D eigenvalue weighted by molar-refractivity contribution is 0.176. The van der Waals surface area contributed by atoms with E-state index in [0.29, 0.717) is 12.5 Å². The number of hydrogen-bond donors (Lipinski definition) is 1. The van der Waals surface area contributed by atoms with Gasteiger partial charge in [-0.15, -0.1) is 0 Å². The molecule has 0 heterocycles. The molecule has 2 aliphatic carbocycles. The zero-order valence-electron chi connectivity index (χ0n) is 14.1. The second-order valence-corrected chi connectivity index (χ2v) is 7.18. The third kappa shape index (κ3) is 7.53. The number of rotatable bonds is 8. The summed E-state index contributed by atoms with van der Waals surface area (Å²) in [7, 11) is 0. The summed E-state index contributed by atoms with van der Waals surface area (Å²) in [4.78, 5) is 8.91. The third-order valence-corrected chi connectivity index (χ3v) is 5.17. The van der Waals surface area contributed by atoms with Crippen molar-refractivity contribution in [2.75, 3.05) is 13.1 Å². The van der Waals surface area contributed by atoms with Gasteiger partial charge in [0.15, 0.2) is 0 Å². The minimum Gasteiger partial charge on any atom is -0.391 e. The van der Waals surface area contributed by atoms with E-state index in [4.69, 9.17) is 0 Å². The lowest BCUT2D eigenvalue weighted by Gasteiger charge is -2.19. The molecule has 0 aromatic carbocycles. The molecular weight excluding hydrogens is 272 g/mol. The van der Waals surface area contributed by atoms with Crippen molar-refractivity contribution in [3.05, 3.63) is 0 Å². The Bertz CT molecular complexity index is 328. The first-order valence-corrected chi connectivity index (χ1v) is 9.51. The van der Waals surface area contributed by atoms with Gasteiger partial charge in [0.05, 0.1) is 12.6 Å². The molecule has 2 fully saturated rings. The Labute approximate surface area is 136 Å². The molecule has 0 aliphatic heterocycles. The van der Waals surface area contributed by atoms with Crippen molar-refractivity contribution in [2.45, 2.75) is 83.2 Å². The maximum atomic E-state index is 9.94. The summed E-state index contributed by atoms with van der Waals surface area (Å²) in [5, 5.41) is 9.94. The number of aliphatic imine (C=N–C) groups is 2. The van der Waals surface area contributed by atoms with Crippen LogP contribution in [0.2, 0.25) is 0 Å². The van der Waals surface area contributed by atoms with Crippen molar-refractivity contribution in [3.63, 3.8) is 0 Å². The second-order valence-electron chi connectivity index (χ2n) is 7.18. The lowest BCUT2D eigenvalue weighted by Crippen LogP contribution is -2.13. The van der Waals surface area contributed by atoms with Crippen LogP contribution in [0.25, 0.3) is 0 Å². The minimum atomic E-state index is -0.328. The highest BCUT2D eigenvalue weighted by atomic mass is 16.3. The zero-order valence-corrected chi connectivity index (χ0v) is 14.1. The van der Waals surface area contributed by atoms with Crippen LogP contribution in [0.4, 0.5) is 0 Å². The molecule has 1 atom stereocenters. The van der Waals surface area contributed by atoms with Crippen LogP contribution in [0.5, 0.6) is 0 Å². The Morgan fingerprint density at radius 2 is 1.59 bits per heavy atom. The summed E-state index contributed by atoms with van der Waals surface area (Å²) in [5.41, 5.74) is 0. The topological polar surface area (TPSA) is 45.0 Å². The van der Waals surface area contributed by atoms with Crippen molar-refractivity contribution >= 4 is 12.4 Å². The molecule has 0 bridgehead atoms. The van der Waals surface area contributed by atoms with E-state index in [1.165, 1.54) is 64.2 Å². The van der Waals surface area contributed by atoms with Crippen LogP contribution >= 0.6 is 0 Å². The molecular formula is C19H34N2O. The van der Waals surface area contributed by atoms with Gasteiger partial charge in [0, 0.05) is 12.8 Å². The molecule has 126 valence electrons. The largest absolute Gasteiger partial charge is 0.391 e. The van der Waals surface area contributed by atoms with Gasteiger partial charge >= 0.3 is 0 Å².